The molecule has 1 amide bonds. The number of sulfonamides is 1. The lowest BCUT2D eigenvalue weighted by molar-refractivity contribution is 0.0953. The molecule has 25 heavy (non-hydrogen) atoms. The zero-order chi connectivity index (χ0) is 18.6. The van der Waals surface area contributed by atoms with Crippen LogP contribution in [0.5, 0.6) is 0 Å². The zero-order valence-electron chi connectivity index (χ0n) is 14.2. The summed E-state index contributed by atoms with van der Waals surface area (Å²) in [6.07, 6.45) is 1.63. The van der Waals surface area contributed by atoms with Crippen LogP contribution >= 0.6 is 15.9 Å². The summed E-state index contributed by atoms with van der Waals surface area (Å²) in [5, 5.41) is 8.05. The number of halogens is 1. The fraction of sp³-hybridized carbons (Fsp3) is 0.278. The standard InChI is InChI=1S/C18H21BrN2O3S/c1-12-9-15(11-17(13(12)2)25(20,23)24)18(22)21-8-4-6-14-5-3-7-16(19)10-14/h3,5,7,9-11H,4,6,8H2,1-2H3,(H,21,22)(H2,20,23,24). The van der Waals surface area contributed by atoms with Crippen LogP contribution in [-0.4, -0.2) is 20.9 Å². The van der Waals surface area contributed by atoms with E-state index in [1.165, 1.54) is 11.6 Å². The Morgan fingerprint density at radius 1 is 1.20 bits per heavy atom. The maximum absolute atomic E-state index is 12.3. The van der Waals surface area contributed by atoms with Gasteiger partial charge in [0.05, 0.1) is 4.90 Å². The van der Waals surface area contributed by atoms with E-state index in [9.17, 15) is 13.2 Å². The first-order chi connectivity index (χ1) is 11.7. The molecule has 0 spiro atoms. The highest BCUT2D eigenvalue weighted by atomic mass is 79.9. The highest BCUT2D eigenvalue weighted by Gasteiger charge is 2.17. The molecule has 134 valence electrons. The molecule has 0 fully saturated rings. The monoisotopic (exact) mass is 424 g/mol. The van der Waals surface area contributed by atoms with Crippen molar-refractivity contribution in [1.82, 2.24) is 5.32 Å². The summed E-state index contributed by atoms with van der Waals surface area (Å²) in [7, 11) is -3.86. The smallest absolute Gasteiger partial charge is 0.251 e. The molecule has 0 aliphatic heterocycles. The normalized spacial score (nSPS) is 11.4. The van der Waals surface area contributed by atoms with E-state index in [-0.39, 0.29) is 10.8 Å². The van der Waals surface area contributed by atoms with E-state index in [4.69, 9.17) is 5.14 Å². The molecular weight excluding hydrogens is 404 g/mol. The van der Waals surface area contributed by atoms with Gasteiger partial charge >= 0.3 is 0 Å². The van der Waals surface area contributed by atoms with Crippen LogP contribution in [0.2, 0.25) is 0 Å². The number of benzene rings is 2. The minimum Gasteiger partial charge on any atom is -0.352 e. The van der Waals surface area contributed by atoms with Gasteiger partial charge in [-0.05, 0) is 67.6 Å². The van der Waals surface area contributed by atoms with Gasteiger partial charge in [0, 0.05) is 16.6 Å². The van der Waals surface area contributed by atoms with Crippen LogP contribution in [0.15, 0.2) is 45.8 Å². The van der Waals surface area contributed by atoms with Gasteiger partial charge in [0.1, 0.15) is 0 Å². The number of carbonyl (C=O) groups is 1. The van der Waals surface area contributed by atoms with Crippen LogP contribution in [0.4, 0.5) is 0 Å². The molecule has 0 saturated carbocycles. The summed E-state index contributed by atoms with van der Waals surface area (Å²) in [5.74, 6) is -0.303. The van der Waals surface area contributed by atoms with Gasteiger partial charge in [0.2, 0.25) is 10.0 Å². The lowest BCUT2D eigenvalue weighted by atomic mass is 10.1. The number of nitrogens with two attached hydrogens (primary N) is 1. The fourth-order valence-electron chi connectivity index (χ4n) is 2.54. The molecule has 2 rings (SSSR count). The van der Waals surface area contributed by atoms with Crippen LogP contribution in [0, 0.1) is 13.8 Å². The first kappa shape index (κ1) is 19.6. The predicted molar refractivity (Wildman–Crippen MR) is 102 cm³/mol. The van der Waals surface area contributed by atoms with Gasteiger partial charge in [0.15, 0.2) is 0 Å². The van der Waals surface area contributed by atoms with Gasteiger partial charge in [-0.15, -0.1) is 0 Å². The molecule has 2 aromatic carbocycles. The molecule has 0 aromatic heterocycles. The van der Waals surface area contributed by atoms with Crippen molar-refractivity contribution in [3.8, 4) is 0 Å². The third-order valence-corrected chi connectivity index (χ3v) is 5.54. The quantitative estimate of drug-likeness (QED) is 0.698. The van der Waals surface area contributed by atoms with Gasteiger partial charge in [-0.3, -0.25) is 4.79 Å². The maximum atomic E-state index is 12.3. The van der Waals surface area contributed by atoms with Crippen LogP contribution in [0.3, 0.4) is 0 Å². The topological polar surface area (TPSA) is 89.3 Å². The van der Waals surface area contributed by atoms with E-state index >= 15 is 0 Å². The number of carbonyl (C=O) groups excluding carboxylic acids is 1. The summed E-state index contributed by atoms with van der Waals surface area (Å²) in [4.78, 5) is 12.3. The number of aryl methyl sites for hydroxylation is 2. The highest BCUT2D eigenvalue weighted by Crippen LogP contribution is 2.20. The van der Waals surface area contributed by atoms with Crippen LogP contribution < -0.4 is 10.5 Å². The molecule has 0 atom stereocenters. The summed E-state index contributed by atoms with van der Waals surface area (Å²) >= 11 is 3.43. The number of nitrogens with one attached hydrogen (secondary N) is 1. The number of hydrogen-bond donors (Lipinski definition) is 2. The van der Waals surface area contributed by atoms with Gasteiger partial charge in [-0.1, -0.05) is 28.1 Å². The first-order valence-electron chi connectivity index (χ1n) is 7.85. The van der Waals surface area contributed by atoms with E-state index in [1.54, 1.807) is 19.9 Å². The summed E-state index contributed by atoms with van der Waals surface area (Å²) in [6, 6.07) is 11.0. The molecule has 5 nitrogen and oxygen atoms in total. The van der Waals surface area contributed by atoms with Crippen molar-refractivity contribution in [3.05, 3.63) is 63.1 Å². The van der Waals surface area contributed by atoms with Crippen LogP contribution in [0.1, 0.15) is 33.5 Å². The van der Waals surface area contributed by atoms with Crippen molar-refractivity contribution in [2.24, 2.45) is 5.14 Å². The average Bonchev–Trinajstić information content (AvgIpc) is 2.52. The van der Waals surface area contributed by atoms with Crippen LogP contribution in [0.25, 0.3) is 0 Å². The Morgan fingerprint density at radius 3 is 2.56 bits per heavy atom. The summed E-state index contributed by atoms with van der Waals surface area (Å²) in [5.41, 5.74) is 2.76. The second kappa shape index (κ2) is 8.12. The first-order valence-corrected chi connectivity index (χ1v) is 10.2. The Balaban J connectivity index is 2.00. The molecule has 0 aliphatic rings. The van der Waals surface area contributed by atoms with Crippen molar-refractivity contribution in [2.45, 2.75) is 31.6 Å². The van der Waals surface area contributed by atoms with Gasteiger partial charge in [-0.2, -0.15) is 0 Å². The van der Waals surface area contributed by atoms with Crippen molar-refractivity contribution in [1.29, 1.82) is 0 Å². The molecule has 7 heteroatoms. The largest absolute Gasteiger partial charge is 0.352 e. The van der Waals surface area contributed by atoms with E-state index in [0.29, 0.717) is 23.2 Å². The number of hydrogen-bond acceptors (Lipinski definition) is 3. The zero-order valence-corrected chi connectivity index (χ0v) is 16.6. The minimum atomic E-state index is -3.86. The second-order valence-corrected chi connectivity index (χ2v) is 8.40. The van der Waals surface area contributed by atoms with Crippen molar-refractivity contribution < 1.29 is 13.2 Å². The Labute approximate surface area is 156 Å². The van der Waals surface area contributed by atoms with Crippen molar-refractivity contribution in [2.75, 3.05) is 6.54 Å². The molecule has 0 heterocycles. The number of amides is 1. The van der Waals surface area contributed by atoms with Gasteiger partial charge in [-0.25, -0.2) is 13.6 Å². The van der Waals surface area contributed by atoms with E-state index < -0.39 is 10.0 Å². The lowest BCUT2D eigenvalue weighted by Gasteiger charge is -2.11. The Bertz CT molecular complexity index is 895. The number of rotatable bonds is 6. The highest BCUT2D eigenvalue weighted by molar-refractivity contribution is 9.10. The molecule has 0 radical (unpaired) electrons. The third kappa shape index (κ3) is 5.39. The Kier molecular flexibility index (Phi) is 6.37. The van der Waals surface area contributed by atoms with Crippen LogP contribution in [-0.2, 0) is 16.4 Å². The molecule has 3 N–H and O–H groups in total. The molecule has 0 bridgehead atoms. The van der Waals surface area contributed by atoms with E-state index in [0.717, 1.165) is 17.3 Å². The fourth-order valence-corrected chi connectivity index (χ4v) is 3.87. The summed E-state index contributed by atoms with van der Waals surface area (Å²) in [6.45, 7) is 3.94. The molecule has 2 aromatic rings. The molecule has 0 saturated heterocycles. The third-order valence-electron chi connectivity index (χ3n) is 4.01. The molecule has 0 unspecified atom stereocenters. The number of primary sulfonamides is 1. The predicted octanol–water partition coefficient (Wildman–Crippen LogP) is 3.08. The van der Waals surface area contributed by atoms with Crippen molar-refractivity contribution in [3.63, 3.8) is 0 Å². The minimum absolute atomic E-state index is 0.00761. The van der Waals surface area contributed by atoms with Crippen molar-refractivity contribution >= 4 is 31.9 Å². The Morgan fingerprint density at radius 2 is 1.92 bits per heavy atom. The van der Waals surface area contributed by atoms with E-state index in [2.05, 4.69) is 21.2 Å². The second-order valence-electron chi connectivity index (χ2n) is 5.95. The van der Waals surface area contributed by atoms with Gasteiger partial charge in [0.25, 0.3) is 5.91 Å². The SMILES string of the molecule is Cc1cc(C(=O)NCCCc2cccc(Br)c2)cc(S(N)(=O)=O)c1C. The maximum Gasteiger partial charge on any atom is 0.251 e. The van der Waals surface area contributed by atoms with Gasteiger partial charge < -0.3 is 5.32 Å². The Hall–Kier alpha value is -1.70. The molecule has 0 aliphatic carbocycles. The summed E-state index contributed by atoms with van der Waals surface area (Å²) < 4.78 is 24.4. The molecular formula is C18H21BrN2O3S. The average molecular weight is 425 g/mol. The lowest BCUT2D eigenvalue weighted by Crippen LogP contribution is -2.25. The van der Waals surface area contributed by atoms with E-state index in [1.807, 2.05) is 24.3 Å².